The molecule has 0 saturated carbocycles. The van der Waals surface area contributed by atoms with Gasteiger partial charge in [-0.15, -0.1) is 0 Å². The smallest absolute Gasteiger partial charge is 0.109 e. The first-order valence-corrected chi connectivity index (χ1v) is 5.41. The molecule has 15 heavy (non-hydrogen) atoms. The van der Waals surface area contributed by atoms with Crippen molar-refractivity contribution in [1.82, 2.24) is 0 Å². The van der Waals surface area contributed by atoms with E-state index in [2.05, 4.69) is 6.92 Å². The fraction of sp³-hybridized carbons (Fsp3) is 0.538. The van der Waals surface area contributed by atoms with Gasteiger partial charge in [0.15, 0.2) is 0 Å². The third kappa shape index (κ3) is 3.63. The van der Waals surface area contributed by atoms with Crippen LogP contribution in [-0.2, 0) is 6.42 Å². The zero-order chi connectivity index (χ0) is 11.5. The monoisotopic (exact) mass is 209 g/mol. The van der Waals surface area contributed by atoms with Gasteiger partial charge in [-0.05, 0) is 37.4 Å². The number of benzene rings is 1. The Balaban J connectivity index is 2.96. The Morgan fingerprint density at radius 3 is 2.47 bits per heavy atom. The van der Waals surface area contributed by atoms with Gasteiger partial charge in [0.25, 0.3) is 0 Å². The van der Waals surface area contributed by atoms with Gasteiger partial charge >= 0.3 is 0 Å². The minimum Gasteiger partial charge on any atom is -0.330 e. The van der Waals surface area contributed by atoms with E-state index in [4.69, 9.17) is 5.73 Å². The lowest BCUT2D eigenvalue weighted by atomic mass is 9.90. The normalized spacial score (nSPS) is 13.9. The summed E-state index contributed by atoms with van der Waals surface area (Å²) in [4.78, 5) is 0. The van der Waals surface area contributed by atoms with Crippen molar-refractivity contribution < 1.29 is 4.39 Å². The van der Waals surface area contributed by atoms with Crippen LogP contribution in [0, 0.1) is 0 Å². The predicted octanol–water partition coefficient (Wildman–Crippen LogP) is 3.04. The lowest BCUT2D eigenvalue weighted by Crippen LogP contribution is -2.18. The summed E-state index contributed by atoms with van der Waals surface area (Å²) in [5.41, 5.74) is 6.72. The van der Waals surface area contributed by atoms with Crippen LogP contribution in [0.15, 0.2) is 24.3 Å². The van der Waals surface area contributed by atoms with Crippen molar-refractivity contribution in [3.8, 4) is 0 Å². The summed E-state index contributed by atoms with van der Waals surface area (Å²) in [7, 11) is 0. The van der Waals surface area contributed by atoms with E-state index in [0.29, 0.717) is 18.9 Å². The largest absolute Gasteiger partial charge is 0.330 e. The molecule has 0 aliphatic rings. The first-order chi connectivity index (χ1) is 6.94. The van der Waals surface area contributed by atoms with Crippen LogP contribution in [0.3, 0.4) is 0 Å². The molecule has 2 N–H and O–H groups in total. The minimum atomic E-state index is -1.16. The van der Waals surface area contributed by atoms with E-state index < -0.39 is 5.67 Å². The van der Waals surface area contributed by atoms with E-state index >= 15 is 0 Å². The molecule has 0 amide bonds. The van der Waals surface area contributed by atoms with Crippen LogP contribution in [0.1, 0.15) is 37.8 Å². The zero-order valence-corrected chi connectivity index (χ0v) is 9.76. The first-order valence-electron chi connectivity index (χ1n) is 5.41. The highest BCUT2D eigenvalue weighted by Gasteiger charge is 2.19. The van der Waals surface area contributed by atoms with Crippen LogP contribution >= 0.6 is 0 Å². The Kier molecular flexibility index (Phi) is 3.86. The van der Waals surface area contributed by atoms with Crippen molar-refractivity contribution >= 4 is 0 Å². The molecular weight excluding hydrogens is 189 g/mol. The number of nitrogens with two attached hydrogens (primary N) is 1. The van der Waals surface area contributed by atoms with Gasteiger partial charge in [-0.25, -0.2) is 4.39 Å². The third-order valence-electron chi connectivity index (χ3n) is 2.55. The fourth-order valence-electron chi connectivity index (χ4n) is 1.76. The van der Waals surface area contributed by atoms with Gasteiger partial charge in [0.1, 0.15) is 5.67 Å². The van der Waals surface area contributed by atoms with Crippen LogP contribution in [0.2, 0.25) is 0 Å². The standard InChI is InChI=1S/C13H20FN/c1-10(9-15)12-7-5-4-6-11(12)8-13(2,3)14/h4-7,10H,8-9,15H2,1-3H3. The lowest BCUT2D eigenvalue weighted by molar-refractivity contribution is 0.216. The molecule has 1 aromatic rings. The molecule has 0 fully saturated rings. The molecule has 1 aromatic carbocycles. The molecule has 0 aromatic heterocycles. The Morgan fingerprint density at radius 2 is 1.93 bits per heavy atom. The molecule has 0 aliphatic heterocycles. The molecule has 1 rings (SSSR count). The van der Waals surface area contributed by atoms with E-state index in [1.165, 1.54) is 5.56 Å². The fourth-order valence-corrected chi connectivity index (χ4v) is 1.76. The number of hydrogen-bond donors (Lipinski definition) is 1. The van der Waals surface area contributed by atoms with Crippen LogP contribution in [0.4, 0.5) is 4.39 Å². The molecule has 1 unspecified atom stereocenters. The summed E-state index contributed by atoms with van der Waals surface area (Å²) >= 11 is 0. The van der Waals surface area contributed by atoms with E-state index in [9.17, 15) is 4.39 Å². The number of hydrogen-bond acceptors (Lipinski definition) is 1. The molecule has 0 saturated heterocycles. The highest BCUT2D eigenvalue weighted by Crippen LogP contribution is 2.24. The summed E-state index contributed by atoms with van der Waals surface area (Å²) in [5.74, 6) is 0.295. The Morgan fingerprint density at radius 1 is 1.33 bits per heavy atom. The van der Waals surface area contributed by atoms with Crippen molar-refractivity contribution in [2.45, 2.75) is 38.8 Å². The maximum absolute atomic E-state index is 13.6. The van der Waals surface area contributed by atoms with Gasteiger partial charge < -0.3 is 5.73 Å². The van der Waals surface area contributed by atoms with Crippen LogP contribution < -0.4 is 5.73 Å². The second-order valence-electron chi connectivity index (χ2n) is 4.73. The molecular formula is C13H20FN. The predicted molar refractivity (Wildman–Crippen MR) is 62.8 cm³/mol. The maximum Gasteiger partial charge on any atom is 0.109 e. The average Bonchev–Trinajstić information content (AvgIpc) is 2.15. The quantitative estimate of drug-likeness (QED) is 0.810. The van der Waals surface area contributed by atoms with E-state index in [0.717, 1.165) is 5.56 Å². The summed E-state index contributed by atoms with van der Waals surface area (Å²) < 4.78 is 13.6. The molecule has 2 heteroatoms. The van der Waals surface area contributed by atoms with Crippen molar-refractivity contribution in [3.05, 3.63) is 35.4 Å². The molecule has 0 radical (unpaired) electrons. The molecule has 84 valence electrons. The maximum atomic E-state index is 13.6. The van der Waals surface area contributed by atoms with E-state index in [1.807, 2.05) is 24.3 Å². The Bertz CT molecular complexity index is 315. The van der Waals surface area contributed by atoms with E-state index in [-0.39, 0.29) is 0 Å². The highest BCUT2D eigenvalue weighted by molar-refractivity contribution is 5.31. The topological polar surface area (TPSA) is 26.0 Å². The van der Waals surface area contributed by atoms with Gasteiger partial charge in [-0.2, -0.15) is 0 Å². The SMILES string of the molecule is CC(CN)c1ccccc1CC(C)(C)F. The van der Waals surface area contributed by atoms with Gasteiger partial charge in [0, 0.05) is 6.42 Å². The Hall–Kier alpha value is -0.890. The first kappa shape index (κ1) is 12.2. The molecule has 0 heterocycles. The highest BCUT2D eigenvalue weighted by atomic mass is 19.1. The zero-order valence-electron chi connectivity index (χ0n) is 9.76. The van der Waals surface area contributed by atoms with Gasteiger partial charge in [-0.3, -0.25) is 0 Å². The van der Waals surface area contributed by atoms with Crippen LogP contribution in [0.25, 0.3) is 0 Å². The van der Waals surface area contributed by atoms with Crippen molar-refractivity contribution in [2.24, 2.45) is 5.73 Å². The summed E-state index contributed by atoms with van der Waals surface area (Å²) in [6.07, 6.45) is 0.452. The van der Waals surface area contributed by atoms with Crippen LogP contribution in [0.5, 0.6) is 0 Å². The summed E-state index contributed by atoms with van der Waals surface area (Å²) in [6.45, 7) is 5.89. The molecule has 1 atom stereocenters. The lowest BCUT2D eigenvalue weighted by Gasteiger charge is -2.19. The van der Waals surface area contributed by atoms with Gasteiger partial charge in [-0.1, -0.05) is 31.2 Å². The van der Waals surface area contributed by atoms with Crippen LogP contribution in [-0.4, -0.2) is 12.2 Å². The van der Waals surface area contributed by atoms with Crippen molar-refractivity contribution in [1.29, 1.82) is 0 Å². The van der Waals surface area contributed by atoms with Crippen molar-refractivity contribution in [2.75, 3.05) is 6.54 Å². The number of rotatable bonds is 4. The third-order valence-corrected chi connectivity index (χ3v) is 2.55. The molecule has 0 bridgehead atoms. The van der Waals surface area contributed by atoms with E-state index in [1.54, 1.807) is 13.8 Å². The molecule has 0 spiro atoms. The van der Waals surface area contributed by atoms with Gasteiger partial charge in [0.2, 0.25) is 0 Å². The second kappa shape index (κ2) is 4.75. The van der Waals surface area contributed by atoms with Gasteiger partial charge in [0.05, 0.1) is 0 Å². The van der Waals surface area contributed by atoms with Crippen molar-refractivity contribution in [3.63, 3.8) is 0 Å². The summed E-state index contributed by atoms with van der Waals surface area (Å²) in [6, 6.07) is 7.96. The second-order valence-corrected chi connectivity index (χ2v) is 4.73. The average molecular weight is 209 g/mol. The Labute approximate surface area is 91.5 Å². The molecule has 1 nitrogen and oxygen atoms in total. The minimum absolute atomic E-state index is 0.295. The summed E-state index contributed by atoms with van der Waals surface area (Å²) in [5, 5.41) is 0. The number of alkyl halides is 1. The number of halogens is 1. The molecule has 0 aliphatic carbocycles.